The minimum absolute atomic E-state index is 0.425. The highest BCUT2D eigenvalue weighted by Gasteiger charge is 2.09. The highest BCUT2D eigenvalue weighted by atomic mass is 79.9. The lowest BCUT2D eigenvalue weighted by molar-refractivity contribution is 0.0177. The Morgan fingerprint density at radius 2 is 1.67 bits per heavy atom. The molecule has 1 unspecified atom stereocenters. The summed E-state index contributed by atoms with van der Waals surface area (Å²) in [5.74, 6) is 0.666. The highest BCUT2D eigenvalue weighted by molar-refractivity contribution is 9.10. The Labute approximate surface area is 134 Å². The maximum Gasteiger partial charge on any atom is 0.126 e. The fourth-order valence-corrected chi connectivity index (χ4v) is 1.99. The minimum atomic E-state index is -0.566. The van der Waals surface area contributed by atoms with E-state index in [1.165, 1.54) is 0 Å². The van der Waals surface area contributed by atoms with E-state index in [4.69, 9.17) is 18.9 Å². The number of aliphatic hydroxyl groups excluding tert-OH is 1. The Morgan fingerprint density at radius 1 is 1.05 bits per heavy atom. The van der Waals surface area contributed by atoms with Gasteiger partial charge in [-0.1, -0.05) is 22.0 Å². The van der Waals surface area contributed by atoms with Crippen LogP contribution in [0.4, 0.5) is 0 Å². The van der Waals surface area contributed by atoms with E-state index in [-0.39, 0.29) is 0 Å². The summed E-state index contributed by atoms with van der Waals surface area (Å²) in [7, 11) is 1.64. The molecule has 21 heavy (non-hydrogen) atoms. The number of hydrogen-bond donors (Lipinski definition) is 1. The number of ether oxygens (including phenoxy) is 4. The number of halogens is 1. The van der Waals surface area contributed by atoms with Crippen LogP contribution in [0.5, 0.6) is 5.75 Å². The van der Waals surface area contributed by atoms with Gasteiger partial charge in [-0.05, 0) is 19.1 Å². The van der Waals surface area contributed by atoms with Gasteiger partial charge in [0.1, 0.15) is 12.4 Å². The van der Waals surface area contributed by atoms with Gasteiger partial charge < -0.3 is 24.1 Å². The van der Waals surface area contributed by atoms with Crippen molar-refractivity contribution in [1.82, 2.24) is 0 Å². The van der Waals surface area contributed by atoms with Crippen LogP contribution in [0.2, 0.25) is 0 Å². The first kappa shape index (κ1) is 18.4. The molecule has 0 heterocycles. The lowest BCUT2D eigenvalue weighted by Crippen LogP contribution is -2.13. The van der Waals surface area contributed by atoms with Crippen LogP contribution in [0, 0.1) is 0 Å². The molecule has 0 saturated carbocycles. The average Bonchev–Trinajstić information content (AvgIpc) is 2.45. The molecule has 0 fully saturated rings. The van der Waals surface area contributed by atoms with E-state index >= 15 is 0 Å². The van der Waals surface area contributed by atoms with Gasteiger partial charge >= 0.3 is 0 Å². The molecule has 0 aliphatic rings. The first-order chi connectivity index (χ1) is 10.1. The van der Waals surface area contributed by atoms with E-state index in [2.05, 4.69) is 15.9 Å². The number of methoxy groups -OCH3 is 1. The summed E-state index contributed by atoms with van der Waals surface area (Å²) in [6.45, 7) is 4.84. The molecule has 0 aliphatic carbocycles. The minimum Gasteiger partial charge on any atom is -0.491 e. The highest BCUT2D eigenvalue weighted by Crippen LogP contribution is 2.28. The van der Waals surface area contributed by atoms with Gasteiger partial charge in [0.15, 0.2) is 0 Å². The van der Waals surface area contributed by atoms with Crippen molar-refractivity contribution in [2.45, 2.75) is 13.0 Å². The van der Waals surface area contributed by atoms with Crippen LogP contribution in [-0.2, 0) is 14.2 Å². The second-order valence-electron chi connectivity index (χ2n) is 4.42. The molecular weight excluding hydrogens is 340 g/mol. The molecule has 1 aromatic rings. The van der Waals surface area contributed by atoms with Gasteiger partial charge in [-0.2, -0.15) is 0 Å². The van der Waals surface area contributed by atoms with E-state index in [1.54, 1.807) is 14.0 Å². The fourth-order valence-electron chi connectivity index (χ4n) is 1.65. The van der Waals surface area contributed by atoms with Crippen LogP contribution in [0.15, 0.2) is 22.7 Å². The van der Waals surface area contributed by atoms with Crippen LogP contribution >= 0.6 is 15.9 Å². The molecule has 0 aliphatic heterocycles. The van der Waals surface area contributed by atoms with E-state index in [1.807, 2.05) is 18.2 Å². The summed E-state index contributed by atoms with van der Waals surface area (Å²) >= 11 is 3.39. The van der Waals surface area contributed by atoms with Crippen LogP contribution in [0.3, 0.4) is 0 Å². The third kappa shape index (κ3) is 7.78. The van der Waals surface area contributed by atoms with E-state index in [0.29, 0.717) is 45.4 Å². The van der Waals surface area contributed by atoms with Gasteiger partial charge in [0.05, 0.1) is 39.1 Å². The van der Waals surface area contributed by atoms with Crippen molar-refractivity contribution in [3.8, 4) is 5.75 Å². The fraction of sp³-hybridized carbons (Fsp3) is 0.600. The van der Waals surface area contributed by atoms with Gasteiger partial charge in [-0.3, -0.25) is 0 Å². The Hall–Kier alpha value is -0.660. The lowest BCUT2D eigenvalue weighted by atomic mass is 10.1. The van der Waals surface area contributed by atoms with Crippen molar-refractivity contribution in [3.63, 3.8) is 0 Å². The van der Waals surface area contributed by atoms with E-state index < -0.39 is 6.10 Å². The maximum absolute atomic E-state index is 9.69. The number of hydrogen-bond acceptors (Lipinski definition) is 5. The second kappa shape index (κ2) is 11.0. The van der Waals surface area contributed by atoms with Crippen molar-refractivity contribution in [2.24, 2.45) is 0 Å². The molecular formula is C15H23BrO5. The Morgan fingerprint density at radius 3 is 2.29 bits per heavy atom. The SMILES string of the molecule is COCCOCCOCCOc1cc(Br)ccc1C(C)O. The van der Waals surface area contributed by atoms with Crippen molar-refractivity contribution in [3.05, 3.63) is 28.2 Å². The summed E-state index contributed by atoms with van der Waals surface area (Å²) < 4.78 is 22.1. The number of benzene rings is 1. The molecule has 120 valence electrons. The number of rotatable bonds is 11. The Bertz CT molecular complexity index is 398. The second-order valence-corrected chi connectivity index (χ2v) is 5.34. The Kier molecular flexibility index (Phi) is 9.62. The quantitative estimate of drug-likeness (QED) is 0.613. The molecule has 0 saturated heterocycles. The summed E-state index contributed by atoms with van der Waals surface area (Å²) in [6.07, 6.45) is -0.566. The molecule has 1 atom stereocenters. The number of aliphatic hydroxyl groups is 1. The zero-order valence-electron chi connectivity index (χ0n) is 12.5. The van der Waals surface area contributed by atoms with Crippen molar-refractivity contribution >= 4 is 15.9 Å². The molecule has 0 spiro atoms. The lowest BCUT2D eigenvalue weighted by Gasteiger charge is -2.14. The predicted octanol–water partition coefficient (Wildman–Crippen LogP) is 2.56. The van der Waals surface area contributed by atoms with Crippen LogP contribution in [0.1, 0.15) is 18.6 Å². The summed E-state index contributed by atoms with van der Waals surface area (Å²) in [4.78, 5) is 0. The monoisotopic (exact) mass is 362 g/mol. The Balaban J connectivity index is 2.19. The predicted molar refractivity (Wildman–Crippen MR) is 83.8 cm³/mol. The van der Waals surface area contributed by atoms with Crippen molar-refractivity contribution in [2.75, 3.05) is 46.8 Å². The van der Waals surface area contributed by atoms with E-state index in [0.717, 1.165) is 10.0 Å². The van der Waals surface area contributed by atoms with Crippen LogP contribution in [-0.4, -0.2) is 51.9 Å². The van der Waals surface area contributed by atoms with Crippen LogP contribution < -0.4 is 4.74 Å². The van der Waals surface area contributed by atoms with Crippen LogP contribution in [0.25, 0.3) is 0 Å². The van der Waals surface area contributed by atoms with Gasteiger partial charge in [0.25, 0.3) is 0 Å². The van der Waals surface area contributed by atoms with Gasteiger partial charge in [0, 0.05) is 17.1 Å². The molecule has 0 radical (unpaired) electrons. The molecule has 1 rings (SSSR count). The third-order valence-corrected chi connectivity index (χ3v) is 3.21. The molecule has 6 heteroatoms. The first-order valence-corrected chi connectivity index (χ1v) is 7.69. The molecule has 0 aromatic heterocycles. The van der Waals surface area contributed by atoms with Gasteiger partial charge in [-0.15, -0.1) is 0 Å². The van der Waals surface area contributed by atoms with Crippen molar-refractivity contribution in [1.29, 1.82) is 0 Å². The molecule has 1 N–H and O–H groups in total. The molecule has 5 nitrogen and oxygen atoms in total. The summed E-state index contributed by atoms with van der Waals surface area (Å²) in [6, 6.07) is 5.56. The van der Waals surface area contributed by atoms with Gasteiger partial charge in [-0.25, -0.2) is 0 Å². The summed E-state index contributed by atoms with van der Waals surface area (Å²) in [5.41, 5.74) is 0.765. The average molecular weight is 363 g/mol. The zero-order valence-corrected chi connectivity index (χ0v) is 14.1. The van der Waals surface area contributed by atoms with Crippen molar-refractivity contribution < 1.29 is 24.1 Å². The standard InChI is InChI=1S/C15H23BrO5/c1-12(17)14-4-3-13(16)11-15(14)21-10-9-20-8-7-19-6-5-18-2/h3-4,11-12,17H,5-10H2,1-2H3. The molecule has 0 bridgehead atoms. The topological polar surface area (TPSA) is 57.2 Å². The molecule has 1 aromatic carbocycles. The first-order valence-electron chi connectivity index (χ1n) is 6.90. The normalized spacial score (nSPS) is 12.4. The summed E-state index contributed by atoms with van der Waals surface area (Å²) in [5, 5.41) is 9.69. The van der Waals surface area contributed by atoms with E-state index in [9.17, 15) is 5.11 Å². The van der Waals surface area contributed by atoms with Gasteiger partial charge in [0.2, 0.25) is 0 Å². The largest absolute Gasteiger partial charge is 0.491 e. The third-order valence-electron chi connectivity index (χ3n) is 2.71. The zero-order chi connectivity index (χ0) is 15.5. The smallest absolute Gasteiger partial charge is 0.126 e. The molecule has 0 amide bonds. The maximum atomic E-state index is 9.69.